The van der Waals surface area contributed by atoms with Gasteiger partial charge in [-0.15, -0.1) is 0 Å². The lowest BCUT2D eigenvalue weighted by atomic mass is 9.85. The predicted octanol–water partition coefficient (Wildman–Crippen LogP) is 11.2. The molecule has 0 saturated heterocycles. The molecule has 45 heavy (non-hydrogen) atoms. The smallest absolute Gasteiger partial charge is 0.191 e. The zero-order valence-electron chi connectivity index (χ0n) is 32.0. The standard InChI is InChI=1S/C37H78O5SSi2/c1-33-23-25-34(26-24-33)43(39,40)32-22-16-19-29-37(38,27-17-12-14-20-30-41-44(8,9)35(2,3)4)28-18-13-15-21-31-42-45(10,11)36(5,6)7/h33-34,38H,12-32H2,1-11H3. The molecule has 0 unspecified atom stereocenters. The van der Waals surface area contributed by atoms with E-state index < -0.39 is 32.1 Å². The molecular weight excluding hydrogens is 613 g/mol. The Balaban J connectivity index is 2.48. The quantitative estimate of drug-likeness (QED) is 0.0853. The molecule has 0 aliphatic heterocycles. The van der Waals surface area contributed by atoms with Crippen LogP contribution >= 0.6 is 0 Å². The van der Waals surface area contributed by atoms with Crippen molar-refractivity contribution in [2.45, 2.75) is 211 Å². The minimum atomic E-state index is -2.99. The summed E-state index contributed by atoms with van der Waals surface area (Å²) in [7, 11) is -6.34. The third kappa shape index (κ3) is 17.0. The summed E-state index contributed by atoms with van der Waals surface area (Å²) >= 11 is 0. The van der Waals surface area contributed by atoms with Crippen molar-refractivity contribution in [3.05, 3.63) is 0 Å². The van der Waals surface area contributed by atoms with E-state index in [2.05, 4.69) is 74.7 Å². The molecule has 0 aromatic heterocycles. The second-order valence-electron chi connectivity index (χ2n) is 17.8. The van der Waals surface area contributed by atoms with Gasteiger partial charge in [0.05, 0.1) is 16.6 Å². The maximum atomic E-state index is 12.9. The monoisotopic (exact) mass is 691 g/mol. The topological polar surface area (TPSA) is 72.8 Å². The van der Waals surface area contributed by atoms with Gasteiger partial charge in [0.2, 0.25) is 0 Å². The molecule has 1 aliphatic carbocycles. The van der Waals surface area contributed by atoms with Gasteiger partial charge in [-0.2, -0.15) is 0 Å². The molecule has 5 nitrogen and oxygen atoms in total. The molecule has 0 amide bonds. The van der Waals surface area contributed by atoms with Crippen molar-refractivity contribution in [3.63, 3.8) is 0 Å². The largest absolute Gasteiger partial charge is 0.417 e. The van der Waals surface area contributed by atoms with Gasteiger partial charge in [0, 0.05) is 13.2 Å². The number of rotatable bonds is 23. The van der Waals surface area contributed by atoms with E-state index in [0.29, 0.717) is 11.7 Å². The minimum absolute atomic E-state index is 0.120. The van der Waals surface area contributed by atoms with E-state index in [4.69, 9.17) is 8.85 Å². The Kier molecular flexibility index (Phi) is 18.7. The third-order valence-electron chi connectivity index (χ3n) is 11.7. The van der Waals surface area contributed by atoms with E-state index in [1.807, 2.05) is 0 Å². The normalized spacial score (nSPS) is 19.3. The van der Waals surface area contributed by atoms with Gasteiger partial charge >= 0.3 is 0 Å². The molecule has 0 radical (unpaired) electrons. The summed E-state index contributed by atoms with van der Waals surface area (Å²) in [6.45, 7) is 27.0. The lowest BCUT2D eigenvalue weighted by Gasteiger charge is -2.36. The molecule has 1 saturated carbocycles. The zero-order chi connectivity index (χ0) is 34.4. The van der Waals surface area contributed by atoms with E-state index in [9.17, 15) is 13.5 Å². The van der Waals surface area contributed by atoms with Crippen LogP contribution in [0.5, 0.6) is 0 Å². The van der Waals surface area contributed by atoms with Crippen LogP contribution in [0.2, 0.25) is 36.3 Å². The Morgan fingerprint density at radius 3 is 1.33 bits per heavy atom. The molecule has 0 spiro atoms. The Labute approximate surface area is 284 Å². The van der Waals surface area contributed by atoms with Gasteiger partial charge in [-0.3, -0.25) is 0 Å². The molecule has 1 fully saturated rings. The summed E-state index contributed by atoms with van der Waals surface area (Å²) in [6, 6.07) is 0. The number of hydrogen-bond acceptors (Lipinski definition) is 5. The van der Waals surface area contributed by atoms with Crippen molar-refractivity contribution < 1.29 is 22.4 Å². The van der Waals surface area contributed by atoms with Gasteiger partial charge in [-0.25, -0.2) is 8.42 Å². The van der Waals surface area contributed by atoms with Crippen LogP contribution in [0.25, 0.3) is 0 Å². The van der Waals surface area contributed by atoms with Crippen LogP contribution in [-0.2, 0) is 18.7 Å². The van der Waals surface area contributed by atoms with Crippen molar-refractivity contribution in [2.75, 3.05) is 19.0 Å². The first-order valence-corrected chi connectivity index (χ1v) is 26.4. The highest BCUT2D eigenvalue weighted by Gasteiger charge is 2.37. The van der Waals surface area contributed by atoms with Crippen LogP contribution in [-0.4, -0.2) is 60.0 Å². The van der Waals surface area contributed by atoms with E-state index in [-0.39, 0.29) is 15.3 Å². The Hall–Kier alpha value is 0.264. The lowest BCUT2D eigenvalue weighted by Crippen LogP contribution is -2.40. The van der Waals surface area contributed by atoms with Crippen LogP contribution in [0, 0.1) is 5.92 Å². The Morgan fingerprint density at radius 2 is 0.956 bits per heavy atom. The second kappa shape index (κ2) is 19.5. The fourth-order valence-electron chi connectivity index (χ4n) is 5.97. The number of sulfone groups is 1. The van der Waals surface area contributed by atoms with Crippen LogP contribution in [0.15, 0.2) is 0 Å². The van der Waals surface area contributed by atoms with Crippen molar-refractivity contribution in [2.24, 2.45) is 5.92 Å². The van der Waals surface area contributed by atoms with E-state index >= 15 is 0 Å². The van der Waals surface area contributed by atoms with E-state index in [1.54, 1.807) is 0 Å². The van der Waals surface area contributed by atoms with E-state index in [1.165, 1.54) is 0 Å². The second-order valence-corrected chi connectivity index (χ2v) is 29.8. The molecule has 0 aromatic rings. The summed E-state index contributed by atoms with van der Waals surface area (Å²) in [4.78, 5) is 0. The van der Waals surface area contributed by atoms with Gasteiger partial charge in [-0.1, -0.05) is 99.8 Å². The summed E-state index contributed by atoms with van der Waals surface area (Å²) in [5.74, 6) is 0.985. The molecule has 0 heterocycles. The fourth-order valence-corrected chi connectivity index (χ4v) is 10.1. The van der Waals surface area contributed by atoms with Gasteiger partial charge in [0.15, 0.2) is 26.5 Å². The van der Waals surface area contributed by atoms with Crippen molar-refractivity contribution in [1.82, 2.24) is 0 Å². The fraction of sp³-hybridized carbons (Fsp3) is 1.00. The predicted molar refractivity (Wildman–Crippen MR) is 201 cm³/mol. The molecule has 0 aromatic carbocycles. The van der Waals surface area contributed by atoms with Crippen molar-refractivity contribution >= 4 is 26.5 Å². The average Bonchev–Trinajstić information content (AvgIpc) is 2.90. The first-order chi connectivity index (χ1) is 20.6. The van der Waals surface area contributed by atoms with Gasteiger partial charge in [0.25, 0.3) is 0 Å². The first kappa shape index (κ1) is 43.3. The lowest BCUT2D eigenvalue weighted by molar-refractivity contribution is 0.00710. The SMILES string of the molecule is CC1CCC(S(=O)(=O)CCCCCC(O)(CCCCCCO[Si](C)(C)C(C)(C)C)CCCCCCO[Si](C)(C)C(C)(C)C)CC1. The molecule has 1 N–H and O–H groups in total. The van der Waals surface area contributed by atoms with Crippen molar-refractivity contribution in [3.8, 4) is 0 Å². The highest BCUT2D eigenvalue weighted by Crippen LogP contribution is 2.38. The van der Waals surface area contributed by atoms with Crippen LogP contribution < -0.4 is 0 Å². The summed E-state index contributed by atoms with van der Waals surface area (Å²) in [5.41, 5.74) is -0.631. The van der Waals surface area contributed by atoms with Crippen LogP contribution in [0.1, 0.15) is 164 Å². The first-order valence-electron chi connectivity index (χ1n) is 18.8. The Morgan fingerprint density at radius 1 is 0.600 bits per heavy atom. The number of aliphatic hydroxyl groups is 1. The van der Waals surface area contributed by atoms with Crippen LogP contribution in [0.3, 0.4) is 0 Å². The Bertz CT molecular complexity index is 857. The molecule has 0 bridgehead atoms. The molecule has 270 valence electrons. The summed E-state index contributed by atoms with van der Waals surface area (Å²) < 4.78 is 38.5. The summed E-state index contributed by atoms with van der Waals surface area (Å²) in [5, 5.41) is 12.1. The zero-order valence-corrected chi connectivity index (χ0v) is 34.8. The maximum Gasteiger partial charge on any atom is 0.191 e. The average molecular weight is 691 g/mol. The van der Waals surface area contributed by atoms with E-state index in [0.717, 1.165) is 129 Å². The summed E-state index contributed by atoms with van der Waals surface area (Å²) in [6.07, 6.45) is 17.6. The van der Waals surface area contributed by atoms with Gasteiger partial charge in [-0.05, 0) is 106 Å². The molecule has 1 aliphatic rings. The third-order valence-corrected chi connectivity index (χ3v) is 23.1. The number of hydrogen-bond donors (Lipinski definition) is 1. The highest BCUT2D eigenvalue weighted by atomic mass is 32.2. The maximum absolute atomic E-state index is 12.9. The number of unbranched alkanes of at least 4 members (excludes halogenated alkanes) is 8. The van der Waals surface area contributed by atoms with Gasteiger partial charge < -0.3 is 14.0 Å². The molecule has 1 rings (SSSR count). The highest BCUT2D eigenvalue weighted by molar-refractivity contribution is 7.92. The molecule has 8 heteroatoms. The van der Waals surface area contributed by atoms with Gasteiger partial charge in [0.1, 0.15) is 0 Å². The van der Waals surface area contributed by atoms with Crippen LogP contribution in [0.4, 0.5) is 0 Å². The molecule has 0 atom stereocenters. The van der Waals surface area contributed by atoms with Crippen molar-refractivity contribution in [1.29, 1.82) is 0 Å². The minimum Gasteiger partial charge on any atom is -0.417 e. The molecular formula is C37H78O5SSi2.